The Kier molecular flexibility index (Phi) is 4.48. The van der Waals surface area contributed by atoms with Gasteiger partial charge in [-0.05, 0) is 43.3 Å². The Balaban J connectivity index is 1.95. The Hall–Kier alpha value is -2.20. The van der Waals surface area contributed by atoms with Gasteiger partial charge in [-0.1, -0.05) is 18.2 Å². The quantitative estimate of drug-likeness (QED) is 0.907. The van der Waals surface area contributed by atoms with Crippen molar-refractivity contribution in [3.8, 4) is 0 Å². The molecule has 0 aliphatic rings. The summed E-state index contributed by atoms with van der Waals surface area (Å²) in [5, 5.41) is 8.86. The van der Waals surface area contributed by atoms with Gasteiger partial charge >= 0.3 is 5.97 Å². The number of benzene rings is 1. The molecule has 1 heterocycles. The van der Waals surface area contributed by atoms with Crippen molar-refractivity contribution in [2.75, 3.05) is 7.05 Å². The summed E-state index contributed by atoms with van der Waals surface area (Å²) in [6, 6.07) is 11.1. The Bertz CT molecular complexity index is 576. The third-order valence-electron chi connectivity index (χ3n) is 3.08. The molecule has 2 rings (SSSR count). The molecule has 104 valence electrons. The van der Waals surface area contributed by atoms with Crippen molar-refractivity contribution in [1.82, 2.24) is 9.88 Å². The first kappa shape index (κ1) is 14.2. The highest BCUT2D eigenvalue weighted by molar-refractivity contribution is 5.87. The molecule has 0 amide bonds. The van der Waals surface area contributed by atoms with Crippen LogP contribution in [0.3, 0.4) is 0 Å². The van der Waals surface area contributed by atoms with Crippen LogP contribution in [-0.4, -0.2) is 28.0 Å². The lowest BCUT2D eigenvalue weighted by Gasteiger charge is -2.16. The topological polar surface area (TPSA) is 53.4 Å². The average molecular weight is 270 g/mol. The molecular weight excluding hydrogens is 252 g/mol. The fourth-order valence-electron chi connectivity index (χ4n) is 2.02. The van der Waals surface area contributed by atoms with Crippen molar-refractivity contribution in [3.63, 3.8) is 0 Å². The number of aromatic carboxylic acids is 1. The summed E-state index contributed by atoms with van der Waals surface area (Å²) < 4.78 is 0. The van der Waals surface area contributed by atoms with Crippen molar-refractivity contribution in [2.45, 2.75) is 20.0 Å². The Morgan fingerprint density at radius 3 is 2.25 bits per heavy atom. The van der Waals surface area contributed by atoms with Gasteiger partial charge in [-0.2, -0.15) is 0 Å². The van der Waals surface area contributed by atoms with Crippen molar-refractivity contribution in [1.29, 1.82) is 0 Å². The van der Waals surface area contributed by atoms with Gasteiger partial charge in [0.2, 0.25) is 0 Å². The summed E-state index contributed by atoms with van der Waals surface area (Å²) in [4.78, 5) is 17.2. The molecule has 0 atom stereocenters. The Labute approximate surface area is 118 Å². The largest absolute Gasteiger partial charge is 0.478 e. The second-order valence-electron chi connectivity index (χ2n) is 4.98. The van der Waals surface area contributed by atoms with E-state index in [-0.39, 0.29) is 0 Å². The normalized spacial score (nSPS) is 10.8. The maximum atomic E-state index is 10.8. The number of pyridine rings is 1. The van der Waals surface area contributed by atoms with E-state index in [4.69, 9.17) is 5.11 Å². The molecule has 0 unspecified atom stereocenters. The number of aryl methyl sites for hydroxylation is 1. The second-order valence-corrected chi connectivity index (χ2v) is 4.98. The lowest BCUT2D eigenvalue weighted by molar-refractivity contribution is 0.0697. The molecule has 0 bridgehead atoms. The van der Waals surface area contributed by atoms with Crippen LogP contribution < -0.4 is 0 Å². The number of nitrogens with zero attached hydrogens (tertiary/aromatic N) is 2. The zero-order valence-corrected chi connectivity index (χ0v) is 11.7. The molecule has 0 aliphatic heterocycles. The smallest absolute Gasteiger partial charge is 0.335 e. The van der Waals surface area contributed by atoms with E-state index in [9.17, 15) is 4.79 Å². The molecule has 0 saturated heterocycles. The number of rotatable bonds is 5. The van der Waals surface area contributed by atoms with E-state index in [1.54, 1.807) is 12.1 Å². The molecule has 0 fully saturated rings. The van der Waals surface area contributed by atoms with Crippen molar-refractivity contribution < 1.29 is 9.90 Å². The van der Waals surface area contributed by atoms with Gasteiger partial charge in [-0.25, -0.2) is 4.79 Å². The van der Waals surface area contributed by atoms with E-state index in [1.807, 2.05) is 38.4 Å². The highest BCUT2D eigenvalue weighted by atomic mass is 16.4. The van der Waals surface area contributed by atoms with Gasteiger partial charge in [-0.3, -0.25) is 9.88 Å². The molecule has 4 heteroatoms. The third kappa shape index (κ3) is 3.90. The number of carboxylic acids is 1. The summed E-state index contributed by atoms with van der Waals surface area (Å²) in [6.07, 6.45) is 1.89. The minimum absolute atomic E-state index is 0.319. The Morgan fingerprint density at radius 1 is 1.10 bits per heavy atom. The van der Waals surface area contributed by atoms with Gasteiger partial charge in [-0.15, -0.1) is 0 Å². The molecule has 0 spiro atoms. The van der Waals surface area contributed by atoms with Gasteiger partial charge in [0.25, 0.3) is 0 Å². The Morgan fingerprint density at radius 2 is 1.70 bits per heavy atom. The van der Waals surface area contributed by atoms with Crippen molar-refractivity contribution in [2.24, 2.45) is 0 Å². The first-order valence-corrected chi connectivity index (χ1v) is 6.47. The zero-order chi connectivity index (χ0) is 14.5. The molecule has 4 nitrogen and oxygen atoms in total. The van der Waals surface area contributed by atoms with E-state index >= 15 is 0 Å². The molecule has 1 N–H and O–H groups in total. The standard InChI is InChI=1S/C16H18N2O2/c1-12-3-4-14(9-17-12)11-18(2)10-13-5-7-15(8-6-13)16(19)20/h3-9H,10-11H2,1-2H3,(H,19,20). The minimum atomic E-state index is -0.893. The van der Waals surface area contributed by atoms with Gasteiger partial charge in [0.15, 0.2) is 0 Å². The number of carbonyl (C=O) groups is 1. The first-order valence-electron chi connectivity index (χ1n) is 6.47. The van der Waals surface area contributed by atoms with Crippen LogP contribution >= 0.6 is 0 Å². The lowest BCUT2D eigenvalue weighted by atomic mass is 10.1. The van der Waals surface area contributed by atoms with Gasteiger partial charge in [0, 0.05) is 25.0 Å². The molecular formula is C16H18N2O2. The molecule has 0 radical (unpaired) electrons. The number of hydrogen-bond donors (Lipinski definition) is 1. The summed E-state index contributed by atoms with van der Waals surface area (Å²) in [6.45, 7) is 3.55. The molecule has 1 aromatic carbocycles. The summed E-state index contributed by atoms with van der Waals surface area (Å²) in [5.74, 6) is -0.893. The molecule has 20 heavy (non-hydrogen) atoms. The fourth-order valence-corrected chi connectivity index (χ4v) is 2.02. The van der Waals surface area contributed by atoms with E-state index in [0.29, 0.717) is 5.56 Å². The number of aromatic nitrogens is 1. The highest BCUT2D eigenvalue weighted by Crippen LogP contribution is 2.09. The molecule has 0 aliphatic carbocycles. The monoisotopic (exact) mass is 270 g/mol. The van der Waals surface area contributed by atoms with Crippen LogP contribution in [0.1, 0.15) is 27.2 Å². The van der Waals surface area contributed by atoms with Crippen molar-refractivity contribution >= 4 is 5.97 Å². The summed E-state index contributed by atoms with van der Waals surface area (Å²) >= 11 is 0. The third-order valence-corrected chi connectivity index (χ3v) is 3.08. The maximum Gasteiger partial charge on any atom is 0.335 e. The van der Waals surface area contributed by atoms with Crippen molar-refractivity contribution in [3.05, 3.63) is 65.0 Å². The molecule has 1 aromatic heterocycles. The van der Waals surface area contributed by atoms with E-state index < -0.39 is 5.97 Å². The van der Waals surface area contributed by atoms with E-state index in [2.05, 4.69) is 16.0 Å². The van der Waals surface area contributed by atoms with Gasteiger partial charge in [0.1, 0.15) is 0 Å². The van der Waals surface area contributed by atoms with Crippen LogP contribution in [0.4, 0.5) is 0 Å². The van der Waals surface area contributed by atoms with E-state index in [1.165, 1.54) is 5.56 Å². The minimum Gasteiger partial charge on any atom is -0.478 e. The zero-order valence-electron chi connectivity index (χ0n) is 11.7. The van der Waals surface area contributed by atoms with Crippen LogP contribution in [0.5, 0.6) is 0 Å². The predicted molar refractivity (Wildman–Crippen MR) is 77.5 cm³/mol. The summed E-state index contributed by atoms with van der Waals surface area (Å²) in [5.41, 5.74) is 3.60. The van der Waals surface area contributed by atoms with Gasteiger partial charge in [0.05, 0.1) is 5.56 Å². The van der Waals surface area contributed by atoms with Crippen LogP contribution in [-0.2, 0) is 13.1 Å². The predicted octanol–water partition coefficient (Wildman–Crippen LogP) is 2.72. The number of carboxylic acid groups (broad SMARTS) is 1. The van der Waals surface area contributed by atoms with Crippen LogP contribution in [0.2, 0.25) is 0 Å². The summed E-state index contributed by atoms with van der Waals surface area (Å²) in [7, 11) is 2.03. The lowest BCUT2D eigenvalue weighted by Crippen LogP contribution is -2.17. The molecule has 0 saturated carbocycles. The average Bonchev–Trinajstić information content (AvgIpc) is 2.42. The highest BCUT2D eigenvalue weighted by Gasteiger charge is 2.05. The number of hydrogen-bond acceptors (Lipinski definition) is 3. The van der Waals surface area contributed by atoms with Crippen LogP contribution in [0.15, 0.2) is 42.6 Å². The second kappa shape index (κ2) is 6.30. The van der Waals surface area contributed by atoms with Crippen LogP contribution in [0, 0.1) is 6.92 Å². The van der Waals surface area contributed by atoms with Gasteiger partial charge < -0.3 is 5.11 Å². The molecule has 2 aromatic rings. The van der Waals surface area contributed by atoms with E-state index in [0.717, 1.165) is 24.3 Å². The fraction of sp³-hybridized carbons (Fsp3) is 0.250. The first-order chi connectivity index (χ1) is 9.54. The van der Waals surface area contributed by atoms with Crippen LogP contribution in [0.25, 0.3) is 0 Å². The maximum absolute atomic E-state index is 10.8. The SMILES string of the molecule is Cc1ccc(CN(C)Cc2ccc(C(=O)O)cc2)cn1.